The van der Waals surface area contributed by atoms with Crippen molar-refractivity contribution < 1.29 is 23.8 Å². The molecule has 1 atom stereocenters. The normalized spacial score (nSPS) is 17.2. The monoisotopic (exact) mass is 507 g/mol. The van der Waals surface area contributed by atoms with Gasteiger partial charge in [-0.3, -0.25) is 19.1 Å². The van der Waals surface area contributed by atoms with E-state index in [0.29, 0.717) is 53.9 Å². The fraction of sp³-hybridized carbons (Fsp3) is 0.393. The lowest BCUT2D eigenvalue weighted by molar-refractivity contribution is 0.0784. The summed E-state index contributed by atoms with van der Waals surface area (Å²) in [5.41, 5.74) is 0.410. The standard InChI is InChI=1S/C28H30FN3O5/c1-36-22-6-3-7-23(37-2)26(22)32-19(11-10-17-8-9-17)15-21(33)24(28(32)35)27(34)31-14-12-18(16-31)25-20(29)5-4-13-30-25/h3-7,13,15,17-18,35H,8-12,14,16H2,1-2H3. The van der Waals surface area contributed by atoms with Gasteiger partial charge in [0.25, 0.3) is 5.91 Å². The van der Waals surface area contributed by atoms with Crippen molar-refractivity contribution in [2.75, 3.05) is 27.3 Å². The Morgan fingerprint density at radius 3 is 2.51 bits per heavy atom. The van der Waals surface area contributed by atoms with Gasteiger partial charge in [-0.25, -0.2) is 4.39 Å². The van der Waals surface area contributed by atoms with E-state index in [-0.39, 0.29) is 18.0 Å². The second-order valence-corrected chi connectivity index (χ2v) is 9.63. The third kappa shape index (κ3) is 4.77. The van der Waals surface area contributed by atoms with Crippen molar-refractivity contribution in [3.8, 4) is 23.1 Å². The van der Waals surface area contributed by atoms with Gasteiger partial charge >= 0.3 is 0 Å². The lowest BCUT2D eigenvalue weighted by Gasteiger charge is -2.23. The number of pyridine rings is 2. The number of amides is 1. The number of para-hydroxylation sites is 1. The van der Waals surface area contributed by atoms with Crippen LogP contribution in [-0.4, -0.2) is 52.8 Å². The van der Waals surface area contributed by atoms with Crippen molar-refractivity contribution in [3.63, 3.8) is 0 Å². The minimum Gasteiger partial charge on any atom is -0.494 e. The molecule has 2 aromatic heterocycles. The number of nitrogens with zero attached hydrogens (tertiary/aromatic N) is 3. The summed E-state index contributed by atoms with van der Waals surface area (Å²) in [4.78, 5) is 32.5. The molecule has 2 aliphatic rings. The maximum atomic E-state index is 14.3. The average Bonchev–Trinajstić information content (AvgIpc) is 3.60. The predicted molar refractivity (Wildman–Crippen MR) is 135 cm³/mol. The summed E-state index contributed by atoms with van der Waals surface area (Å²) in [7, 11) is 3.02. The summed E-state index contributed by atoms with van der Waals surface area (Å²) in [6.07, 6.45) is 5.75. The molecule has 0 bridgehead atoms. The van der Waals surface area contributed by atoms with Crippen LogP contribution in [0, 0.1) is 11.7 Å². The number of halogens is 1. The number of benzene rings is 1. The Kier molecular flexibility index (Phi) is 6.86. The molecule has 1 N–H and O–H groups in total. The number of aryl methyl sites for hydroxylation is 1. The third-order valence-corrected chi connectivity index (χ3v) is 7.26. The van der Waals surface area contributed by atoms with E-state index in [1.54, 1.807) is 18.2 Å². The van der Waals surface area contributed by atoms with E-state index >= 15 is 0 Å². The second-order valence-electron chi connectivity index (χ2n) is 9.63. The lowest BCUT2D eigenvalue weighted by atomic mass is 10.0. The van der Waals surface area contributed by atoms with Gasteiger partial charge in [0.1, 0.15) is 28.6 Å². The second kappa shape index (κ2) is 10.2. The van der Waals surface area contributed by atoms with Gasteiger partial charge in [0, 0.05) is 37.0 Å². The van der Waals surface area contributed by atoms with Crippen molar-refractivity contribution in [2.24, 2.45) is 5.92 Å². The molecule has 8 nitrogen and oxygen atoms in total. The van der Waals surface area contributed by atoms with Crippen LogP contribution < -0.4 is 14.9 Å². The first-order valence-electron chi connectivity index (χ1n) is 12.5. The number of ether oxygens (including phenoxy) is 2. The molecule has 37 heavy (non-hydrogen) atoms. The molecule has 0 radical (unpaired) electrons. The first-order chi connectivity index (χ1) is 17.9. The van der Waals surface area contributed by atoms with Crippen LogP contribution in [0.15, 0.2) is 47.4 Å². The minimum absolute atomic E-state index is 0.201. The van der Waals surface area contributed by atoms with E-state index in [0.717, 1.165) is 19.3 Å². The summed E-state index contributed by atoms with van der Waals surface area (Å²) in [5, 5.41) is 11.5. The Hall–Kier alpha value is -3.88. The zero-order valence-corrected chi connectivity index (χ0v) is 20.9. The zero-order chi connectivity index (χ0) is 26.1. The molecule has 1 unspecified atom stereocenters. The molecule has 1 aliphatic carbocycles. The number of hydrogen-bond acceptors (Lipinski definition) is 6. The number of rotatable bonds is 8. The molecule has 2 fully saturated rings. The maximum absolute atomic E-state index is 14.3. The van der Waals surface area contributed by atoms with Gasteiger partial charge in [0.15, 0.2) is 5.43 Å². The van der Waals surface area contributed by atoms with Gasteiger partial charge in [-0.2, -0.15) is 0 Å². The lowest BCUT2D eigenvalue weighted by Crippen LogP contribution is -2.33. The minimum atomic E-state index is -0.599. The van der Waals surface area contributed by atoms with Gasteiger partial charge in [0.2, 0.25) is 5.88 Å². The highest BCUT2D eigenvalue weighted by atomic mass is 19.1. The van der Waals surface area contributed by atoms with Gasteiger partial charge in [0.05, 0.1) is 19.9 Å². The molecule has 1 saturated heterocycles. The number of hydrogen-bond donors (Lipinski definition) is 1. The van der Waals surface area contributed by atoms with Crippen LogP contribution in [0.1, 0.15) is 53.3 Å². The van der Waals surface area contributed by atoms with Crippen molar-refractivity contribution in [3.05, 3.63) is 75.6 Å². The fourth-order valence-electron chi connectivity index (χ4n) is 5.12. The molecule has 1 saturated carbocycles. The number of aromatic hydroxyl groups is 1. The highest BCUT2D eigenvalue weighted by Crippen LogP contribution is 2.39. The summed E-state index contributed by atoms with van der Waals surface area (Å²) in [6, 6.07) is 9.51. The zero-order valence-electron chi connectivity index (χ0n) is 20.9. The SMILES string of the molecule is COc1cccc(OC)c1-n1c(CCC2CC2)cc(=O)c(C(=O)N2CCC(c3ncccc3F)C2)c1O. The first-order valence-corrected chi connectivity index (χ1v) is 12.5. The first kappa shape index (κ1) is 24.8. The molecular formula is C28H30FN3O5. The highest BCUT2D eigenvalue weighted by Gasteiger charge is 2.34. The highest BCUT2D eigenvalue weighted by molar-refractivity contribution is 5.96. The number of likely N-dealkylation sites (tertiary alicyclic amines) is 1. The number of aromatic nitrogens is 2. The maximum Gasteiger partial charge on any atom is 0.263 e. The van der Waals surface area contributed by atoms with E-state index < -0.39 is 23.0 Å². The summed E-state index contributed by atoms with van der Waals surface area (Å²) < 4.78 is 26.9. The number of carbonyl (C=O) groups excluding carboxylic acids is 1. The molecule has 1 amide bonds. The van der Waals surface area contributed by atoms with E-state index in [1.807, 2.05) is 0 Å². The quantitative estimate of drug-likeness (QED) is 0.494. The van der Waals surface area contributed by atoms with Crippen LogP contribution in [0.25, 0.3) is 5.69 Å². The molecule has 3 heterocycles. The third-order valence-electron chi connectivity index (χ3n) is 7.26. The summed E-state index contributed by atoms with van der Waals surface area (Å²) in [6.45, 7) is 0.521. The molecule has 9 heteroatoms. The predicted octanol–water partition coefficient (Wildman–Crippen LogP) is 4.07. The molecule has 194 valence electrons. The largest absolute Gasteiger partial charge is 0.494 e. The van der Waals surface area contributed by atoms with Crippen LogP contribution >= 0.6 is 0 Å². The Labute approximate surface area is 214 Å². The summed E-state index contributed by atoms with van der Waals surface area (Å²) >= 11 is 0. The van der Waals surface area contributed by atoms with Gasteiger partial charge in [-0.15, -0.1) is 0 Å². The van der Waals surface area contributed by atoms with Gasteiger partial charge in [-0.05, 0) is 49.4 Å². The smallest absolute Gasteiger partial charge is 0.263 e. The topological polar surface area (TPSA) is 93.9 Å². The average molecular weight is 508 g/mol. The molecular weight excluding hydrogens is 477 g/mol. The van der Waals surface area contributed by atoms with Crippen LogP contribution in [-0.2, 0) is 6.42 Å². The van der Waals surface area contributed by atoms with E-state index in [1.165, 1.54) is 48.1 Å². The van der Waals surface area contributed by atoms with Crippen LogP contribution in [0.3, 0.4) is 0 Å². The molecule has 5 rings (SSSR count). The number of methoxy groups -OCH3 is 2. The Morgan fingerprint density at radius 2 is 1.86 bits per heavy atom. The number of carbonyl (C=O) groups is 1. The molecule has 3 aromatic rings. The Bertz CT molecular complexity index is 1360. The van der Waals surface area contributed by atoms with Crippen LogP contribution in [0.4, 0.5) is 4.39 Å². The van der Waals surface area contributed by atoms with E-state index in [2.05, 4.69) is 4.98 Å². The fourth-order valence-corrected chi connectivity index (χ4v) is 5.12. The van der Waals surface area contributed by atoms with Crippen molar-refractivity contribution >= 4 is 5.91 Å². The van der Waals surface area contributed by atoms with Crippen molar-refractivity contribution in [2.45, 2.75) is 38.0 Å². The molecule has 1 aromatic carbocycles. The van der Waals surface area contributed by atoms with E-state index in [4.69, 9.17) is 9.47 Å². The van der Waals surface area contributed by atoms with Crippen molar-refractivity contribution in [1.29, 1.82) is 0 Å². The van der Waals surface area contributed by atoms with E-state index in [9.17, 15) is 19.1 Å². The Balaban J connectivity index is 1.57. The molecule has 1 aliphatic heterocycles. The van der Waals surface area contributed by atoms with Crippen LogP contribution in [0.2, 0.25) is 0 Å². The van der Waals surface area contributed by atoms with Gasteiger partial charge in [-0.1, -0.05) is 18.9 Å². The summed E-state index contributed by atoms with van der Waals surface area (Å²) in [5.74, 6) is -0.319. The van der Waals surface area contributed by atoms with Crippen LogP contribution in [0.5, 0.6) is 17.4 Å². The van der Waals surface area contributed by atoms with Crippen molar-refractivity contribution in [1.82, 2.24) is 14.5 Å². The van der Waals surface area contributed by atoms with Gasteiger partial charge < -0.3 is 19.5 Å². The molecule has 0 spiro atoms. The Morgan fingerprint density at radius 1 is 1.14 bits per heavy atom.